The van der Waals surface area contributed by atoms with Gasteiger partial charge in [-0.15, -0.1) is 0 Å². The average molecular weight is 343 g/mol. The molecule has 0 atom stereocenters. The van der Waals surface area contributed by atoms with E-state index in [1.54, 1.807) is 0 Å². The Bertz CT molecular complexity index is 240. The Balaban J connectivity index is 1.96. The van der Waals surface area contributed by atoms with Crippen LogP contribution < -0.4 is 5.32 Å². The maximum Gasteiger partial charge on any atom is 0.0594 e. The van der Waals surface area contributed by atoms with E-state index < -0.39 is 0 Å². The maximum absolute atomic E-state index is 5.69. The molecule has 1 aliphatic rings. The topological polar surface area (TPSA) is 33.7 Å². The molecule has 0 unspecified atom stereocenters. The van der Waals surface area contributed by atoms with Crippen molar-refractivity contribution in [1.29, 1.82) is 0 Å². The lowest BCUT2D eigenvalue weighted by Gasteiger charge is -2.23. The molecule has 24 heavy (non-hydrogen) atoms. The summed E-state index contributed by atoms with van der Waals surface area (Å²) in [5, 5.41) is 3.32. The third-order valence-corrected chi connectivity index (χ3v) is 4.78. The number of nitrogens with one attached hydrogen (secondary N) is 1. The van der Waals surface area contributed by atoms with Crippen LogP contribution in [0.15, 0.2) is 0 Å². The minimum Gasteiger partial charge on any atom is -0.379 e. The van der Waals surface area contributed by atoms with E-state index in [2.05, 4.69) is 17.1 Å². The zero-order valence-corrected chi connectivity index (χ0v) is 16.2. The number of ether oxygens (including phenoxy) is 2. The molecule has 1 N–H and O–H groups in total. The first kappa shape index (κ1) is 21.9. The molecule has 1 rings (SSSR count). The third kappa shape index (κ3) is 14.2. The second-order valence-electron chi connectivity index (χ2n) is 7.00. The van der Waals surface area contributed by atoms with Crippen molar-refractivity contribution >= 4 is 0 Å². The van der Waals surface area contributed by atoms with E-state index in [1.807, 2.05) is 0 Å². The lowest BCUT2D eigenvalue weighted by atomic mass is 10.1. The van der Waals surface area contributed by atoms with Crippen LogP contribution in [0.1, 0.15) is 71.1 Å². The Morgan fingerprint density at radius 2 is 1.17 bits per heavy atom. The van der Waals surface area contributed by atoms with Crippen LogP contribution in [0.4, 0.5) is 0 Å². The predicted molar refractivity (Wildman–Crippen MR) is 103 cm³/mol. The molecule has 1 heterocycles. The van der Waals surface area contributed by atoms with Crippen LogP contribution in [0, 0.1) is 0 Å². The monoisotopic (exact) mass is 342 g/mol. The second kappa shape index (κ2) is 17.7. The molecule has 1 fully saturated rings. The minimum atomic E-state index is 0.812. The Kier molecular flexibility index (Phi) is 16.1. The highest BCUT2D eigenvalue weighted by atomic mass is 16.5. The Morgan fingerprint density at radius 1 is 0.667 bits per heavy atom. The third-order valence-electron chi connectivity index (χ3n) is 4.78. The Labute approximate surface area is 150 Å². The molecule has 4 heteroatoms. The molecule has 0 spiro atoms. The van der Waals surface area contributed by atoms with Crippen LogP contribution in [0.2, 0.25) is 0 Å². The van der Waals surface area contributed by atoms with Crippen molar-refractivity contribution in [1.82, 2.24) is 10.2 Å². The summed E-state index contributed by atoms with van der Waals surface area (Å²) in [5.41, 5.74) is 0. The lowest BCUT2D eigenvalue weighted by molar-refractivity contribution is 0.0659. The van der Waals surface area contributed by atoms with Gasteiger partial charge < -0.3 is 14.8 Å². The highest BCUT2D eigenvalue weighted by molar-refractivity contribution is 4.59. The highest BCUT2D eigenvalue weighted by Crippen LogP contribution is 2.10. The fourth-order valence-electron chi connectivity index (χ4n) is 3.16. The zero-order chi connectivity index (χ0) is 17.1. The van der Waals surface area contributed by atoms with Gasteiger partial charge in [0.05, 0.1) is 26.4 Å². The molecule has 0 aromatic carbocycles. The molecule has 4 nitrogen and oxygen atoms in total. The second-order valence-corrected chi connectivity index (χ2v) is 7.00. The molecular formula is C20H42N2O2. The highest BCUT2D eigenvalue weighted by Gasteiger charge is 2.06. The van der Waals surface area contributed by atoms with Gasteiger partial charge in [0, 0.05) is 26.2 Å². The number of unbranched alkanes of at least 4 members (excludes halogenated alkanes) is 9. The number of rotatable bonds is 11. The molecule has 1 aliphatic heterocycles. The van der Waals surface area contributed by atoms with E-state index in [0.29, 0.717) is 0 Å². The number of nitrogens with zero attached hydrogens (tertiary/aromatic N) is 1. The van der Waals surface area contributed by atoms with Crippen molar-refractivity contribution in [3.05, 3.63) is 0 Å². The van der Waals surface area contributed by atoms with Crippen LogP contribution in [-0.2, 0) is 9.47 Å². The smallest absolute Gasteiger partial charge is 0.0594 e. The molecule has 144 valence electrons. The van der Waals surface area contributed by atoms with Crippen molar-refractivity contribution in [2.45, 2.75) is 71.1 Å². The summed E-state index contributed by atoms with van der Waals surface area (Å²) in [6.45, 7) is 10.7. The molecule has 0 aliphatic carbocycles. The van der Waals surface area contributed by atoms with Crippen LogP contribution in [0.25, 0.3) is 0 Å². The first-order chi connectivity index (χ1) is 11.9. The summed E-state index contributed by atoms with van der Waals surface area (Å²) < 4.78 is 11.4. The van der Waals surface area contributed by atoms with Crippen molar-refractivity contribution in [3.8, 4) is 0 Å². The van der Waals surface area contributed by atoms with Crippen LogP contribution in [0.3, 0.4) is 0 Å². The SMILES string of the molecule is CCCCCCCCCCCCN1CCOCCNCCOCC1. The number of hydrogen-bond donors (Lipinski definition) is 1. The zero-order valence-electron chi connectivity index (χ0n) is 16.2. The van der Waals surface area contributed by atoms with Gasteiger partial charge in [0.2, 0.25) is 0 Å². The predicted octanol–water partition coefficient (Wildman–Crippen LogP) is 3.85. The Morgan fingerprint density at radius 3 is 1.71 bits per heavy atom. The van der Waals surface area contributed by atoms with Gasteiger partial charge in [-0.25, -0.2) is 0 Å². The summed E-state index contributed by atoms with van der Waals surface area (Å²) in [5.74, 6) is 0. The van der Waals surface area contributed by atoms with E-state index >= 15 is 0 Å². The fourth-order valence-corrected chi connectivity index (χ4v) is 3.16. The molecule has 0 aromatic heterocycles. The lowest BCUT2D eigenvalue weighted by Crippen LogP contribution is -2.34. The molecule has 0 bridgehead atoms. The molecule has 0 aromatic rings. The normalized spacial score (nSPS) is 18.9. The first-order valence-corrected chi connectivity index (χ1v) is 10.5. The van der Waals surface area contributed by atoms with Gasteiger partial charge in [-0.05, 0) is 13.0 Å². The Hall–Kier alpha value is -0.160. The van der Waals surface area contributed by atoms with Gasteiger partial charge in [-0.1, -0.05) is 64.7 Å². The van der Waals surface area contributed by atoms with Crippen LogP contribution >= 0.6 is 0 Å². The van der Waals surface area contributed by atoms with Crippen molar-refractivity contribution in [2.24, 2.45) is 0 Å². The van der Waals surface area contributed by atoms with Crippen molar-refractivity contribution in [3.63, 3.8) is 0 Å². The van der Waals surface area contributed by atoms with Crippen LogP contribution in [-0.4, -0.2) is 64.1 Å². The largest absolute Gasteiger partial charge is 0.379 e. The summed E-state index contributed by atoms with van der Waals surface area (Å²) in [7, 11) is 0. The fraction of sp³-hybridized carbons (Fsp3) is 1.00. The van der Waals surface area contributed by atoms with Crippen molar-refractivity contribution < 1.29 is 9.47 Å². The quantitative estimate of drug-likeness (QED) is 0.578. The summed E-state index contributed by atoms with van der Waals surface area (Å²) in [6.07, 6.45) is 14.0. The van der Waals surface area contributed by atoms with E-state index in [1.165, 1.54) is 70.8 Å². The van der Waals surface area contributed by atoms with Gasteiger partial charge in [-0.2, -0.15) is 0 Å². The summed E-state index contributed by atoms with van der Waals surface area (Å²) >= 11 is 0. The van der Waals surface area contributed by atoms with Crippen molar-refractivity contribution in [2.75, 3.05) is 59.2 Å². The van der Waals surface area contributed by atoms with Gasteiger partial charge in [0.25, 0.3) is 0 Å². The minimum absolute atomic E-state index is 0.812. The molecule has 1 saturated heterocycles. The van der Waals surface area contributed by atoms with Gasteiger partial charge in [-0.3, -0.25) is 4.90 Å². The summed E-state index contributed by atoms with van der Waals surface area (Å²) in [6, 6.07) is 0. The van der Waals surface area contributed by atoms with E-state index in [9.17, 15) is 0 Å². The standard InChI is InChI=1S/C20H42N2O2/c1-2-3-4-5-6-7-8-9-10-11-14-22-15-19-23-17-12-21-13-18-24-20-16-22/h21H,2-20H2,1H3. The van der Waals surface area contributed by atoms with Gasteiger partial charge >= 0.3 is 0 Å². The van der Waals surface area contributed by atoms with Gasteiger partial charge in [0.1, 0.15) is 0 Å². The van der Waals surface area contributed by atoms with E-state index in [-0.39, 0.29) is 0 Å². The molecule has 0 amide bonds. The summed E-state index contributed by atoms with van der Waals surface area (Å²) in [4.78, 5) is 2.51. The average Bonchev–Trinajstić information content (AvgIpc) is 2.58. The van der Waals surface area contributed by atoms with Crippen LogP contribution in [0.5, 0.6) is 0 Å². The van der Waals surface area contributed by atoms with Gasteiger partial charge in [0.15, 0.2) is 0 Å². The molecule has 0 saturated carbocycles. The maximum atomic E-state index is 5.69. The molecule has 0 radical (unpaired) electrons. The first-order valence-electron chi connectivity index (χ1n) is 10.5. The molecular weight excluding hydrogens is 300 g/mol. The number of hydrogen-bond acceptors (Lipinski definition) is 4. The van der Waals surface area contributed by atoms with E-state index in [4.69, 9.17) is 9.47 Å². The van der Waals surface area contributed by atoms with E-state index in [0.717, 1.165) is 52.6 Å².